The summed E-state index contributed by atoms with van der Waals surface area (Å²) < 4.78 is 8.77. The van der Waals surface area contributed by atoms with Crippen LogP contribution >= 0.6 is 31.9 Å². The number of aryl methyl sites for hydroxylation is 2. The summed E-state index contributed by atoms with van der Waals surface area (Å²) in [5.41, 5.74) is 2.81. The highest BCUT2D eigenvalue weighted by Gasteiger charge is 2.12. The number of nitrogens with zero attached hydrogens (tertiary/aromatic N) is 3. The molecule has 0 unspecified atom stereocenters. The van der Waals surface area contributed by atoms with Crippen molar-refractivity contribution in [2.24, 2.45) is 5.10 Å². The van der Waals surface area contributed by atoms with E-state index in [1.807, 2.05) is 55.5 Å². The van der Waals surface area contributed by atoms with Crippen molar-refractivity contribution in [1.29, 1.82) is 0 Å². The van der Waals surface area contributed by atoms with Crippen molar-refractivity contribution < 1.29 is 9.53 Å². The Morgan fingerprint density at radius 3 is 2.57 bits per heavy atom. The van der Waals surface area contributed by atoms with E-state index in [1.54, 1.807) is 18.3 Å². The zero-order valence-electron chi connectivity index (χ0n) is 20.5. The summed E-state index contributed by atoms with van der Waals surface area (Å²) in [7, 11) is 0. The van der Waals surface area contributed by atoms with Crippen molar-refractivity contribution in [2.75, 3.05) is 11.9 Å². The molecule has 1 N–H and O–H groups in total. The molecular formula is C28H26Br2N4O3. The molecule has 0 atom stereocenters. The van der Waals surface area contributed by atoms with Gasteiger partial charge >= 0.3 is 0 Å². The van der Waals surface area contributed by atoms with Gasteiger partial charge in [-0.05, 0) is 61.9 Å². The first-order valence-electron chi connectivity index (χ1n) is 11.9. The van der Waals surface area contributed by atoms with Gasteiger partial charge in [0.2, 0.25) is 0 Å². The molecule has 1 amide bonds. The number of carbonyl (C=O) groups is 1. The lowest BCUT2D eigenvalue weighted by Gasteiger charge is -2.11. The Morgan fingerprint density at radius 2 is 1.81 bits per heavy atom. The predicted molar refractivity (Wildman–Crippen MR) is 155 cm³/mol. The molecule has 0 aliphatic heterocycles. The third-order valence-electron chi connectivity index (χ3n) is 5.61. The molecule has 4 rings (SSSR count). The molecule has 37 heavy (non-hydrogen) atoms. The summed E-state index contributed by atoms with van der Waals surface area (Å²) >= 11 is 6.90. The molecule has 0 bridgehead atoms. The number of unbranched alkanes of at least 4 members (excludes halogenated alkanes) is 1. The van der Waals surface area contributed by atoms with Crippen LogP contribution in [-0.4, -0.2) is 28.4 Å². The maximum absolute atomic E-state index is 13.3. The lowest BCUT2D eigenvalue weighted by atomic mass is 10.2. The molecule has 0 aliphatic carbocycles. The smallest absolute Gasteiger partial charge is 0.282 e. The van der Waals surface area contributed by atoms with Crippen LogP contribution in [0.5, 0.6) is 5.75 Å². The Labute approximate surface area is 231 Å². The van der Waals surface area contributed by atoms with E-state index in [9.17, 15) is 9.59 Å². The van der Waals surface area contributed by atoms with E-state index in [-0.39, 0.29) is 18.1 Å². The zero-order chi connectivity index (χ0) is 26.4. The Hall–Kier alpha value is -3.30. The highest BCUT2D eigenvalue weighted by Crippen LogP contribution is 2.22. The van der Waals surface area contributed by atoms with E-state index in [2.05, 4.69) is 49.2 Å². The quantitative estimate of drug-likeness (QED) is 0.216. The van der Waals surface area contributed by atoms with Gasteiger partial charge in [-0.15, -0.1) is 0 Å². The molecule has 0 fully saturated rings. The zero-order valence-corrected chi connectivity index (χ0v) is 23.7. The Morgan fingerprint density at radius 1 is 1.08 bits per heavy atom. The summed E-state index contributed by atoms with van der Waals surface area (Å²) in [5.74, 6) is 0.774. The number of amides is 1. The largest absolute Gasteiger partial charge is 0.483 e. The topological polar surface area (TPSA) is 85.6 Å². The molecule has 190 valence electrons. The van der Waals surface area contributed by atoms with E-state index in [0.29, 0.717) is 40.1 Å². The monoisotopic (exact) mass is 624 g/mol. The molecule has 3 aromatic carbocycles. The van der Waals surface area contributed by atoms with Crippen molar-refractivity contribution in [3.8, 4) is 5.75 Å². The fraction of sp³-hybridized carbons (Fsp3) is 0.214. The number of carbonyl (C=O) groups excluding carboxylic acids is 1. The first-order chi connectivity index (χ1) is 17.8. The van der Waals surface area contributed by atoms with Crippen molar-refractivity contribution in [1.82, 2.24) is 9.66 Å². The molecule has 9 heteroatoms. The number of aromatic nitrogens is 2. The number of benzene rings is 3. The van der Waals surface area contributed by atoms with Crippen LogP contribution in [0.3, 0.4) is 0 Å². The number of halogens is 2. The summed E-state index contributed by atoms with van der Waals surface area (Å²) in [6.07, 6.45) is 4.02. The van der Waals surface area contributed by atoms with Gasteiger partial charge < -0.3 is 10.1 Å². The third-order valence-corrected chi connectivity index (χ3v) is 6.59. The number of hydrogen-bond acceptors (Lipinski definition) is 5. The molecule has 0 spiro atoms. The minimum absolute atomic E-state index is 0.177. The number of rotatable bonds is 9. The number of anilines is 1. The number of hydrogen-bond donors (Lipinski definition) is 1. The number of fused-ring (bicyclic) bond motifs is 1. The molecular weight excluding hydrogens is 600 g/mol. The summed E-state index contributed by atoms with van der Waals surface area (Å²) in [4.78, 5) is 30.5. The summed E-state index contributed by atoms with van der Waals surface area (Å²) in [5, 5.41) is 7.81. The van der Waals surface area contributed by atoms with Crippen molar-refractivity contribution in [2.45, 2.75) is 33.1 Å². The van der Waals surface area contributed by atoms with Gasteiger partial charge in [-0.1, -0.05) is 62.9 Å². The standard InChI is InChI=1S/C28H26Br2N4O3/c1-3-4-5-26-33-24-12-8-21(30)15-23(24)28(36)34(26)31-16-19-14-20(29)9-13-25(19)37-17-27(35)32-22-10-6-18(2)7-11-22/h6-16H,3-5,17H2,1-2H3,(H,32,35). The minimum atomic E-state index is -0.281. The van der Waals surface area contributed by atoms with Crippen molar-refractivity contribution >= 4 is 60.6 Å². The molecule has 7 nitrogen and oxygen atoms in total. The summed E-state index contributed by atoms with van der Waals surface area (Å²) in [6, 6.07) is 18.4. The normalized spacial score (nSPS) is 11.2. The molecule has 1 heterocycles. The lowest BCUT2D eigenvalue weighted by molar-refractivity contribution is -0.118. The Bertz CT molecular complexity index is 1510. The first kappa shape index (κ1) is 26.8. The Balaban J connectivity index is 1.60. The van der Waals surface area contributed by atoms with Crippen LogP contribution in [0.4, 0.5) is 5.69 Å². The average molecular weight is 626 g/mol. The SMILES string of the molecule is CCCCc1nc2ccc(Br)cc2c(=O)n1N=Cc1cc(Br)ccc1OCC(=O)Nc1ccc(C)cc1. The van der Waals surface area contributed by atoms with Crippen molar-refractivity contribution in [3.63, 3.8) is 0 Å². The van der Waals surface area contributed by atoms with E-state index in [1.165, 1.54) is 4.68 Å². The maximum atomic E-state index is 13.3. The van der Waals surface area contributed by atoms with Gasteiger partial charge in [-0.2, -0.15) is 9.78 Å². The third kappa shape index (κ3) is 6.93. The molecule has 0 radical (unpaired) electrons. The van der Waals surface area contributed by atoms with Gasteiger partial charge in [0, 0.05) is 26.6 Å². The first-order valence-corrected chi connectivity index (χ1v) is 13.5. The number of nitrogens with one attached hydrogen (secondary N) is 1. The van der Waals surface area contributed by atoms with Gasteiger partial charge in [0.15, 0.2) is 6.61 Å². The van der Waals surface area contributed by atoms with Gasteiger partial charge in [-0.3, -0.25) is 9.59 Å². The van der Waals surface area contributed by atoms with Gasteiger partial charge in [0.05, 0.1) is 17.1 Å². The highest BCUT2D eigenvalue weighted by molar-refractivity contribution is 9.10. The van der Waals surface area contributed by atoms with Gasteiger partial charge in [0.25, 0.3) is 11.5 Å². The molecule has 0 saturated carbocycles. The van der Waals surface area contributed by atoms with E-state index < -0.39 is 0 Å². The second-order valence-electron chi connectivity index (χ2n) is 8.54. The van der Waals surface area contributed by atoms with Crippen LogP contribution in [0.15, 0.2) is 79.5 Å². The Kier molecular flexibility index (Phi) is 8.89. The van der Waals surface area contributed by atoms with E-state index in [0.717, 1.165) is 27.4 Å². The fourth-order valence-corrected chi connectivity index (χ4v) is 4.40. The predicted octanol–water partition coefficient (Wildman–Crippen LogP) is 6.47. The van der Waals surface area contributed by atoms with Gasteiger partial charge in [0.1, 0.15) is 11.6 Å². The van der Waals surface area contributed by atoms with Gasteiger partial charge in [-0.25, -0.2) is 4.98 Å². The molecule has 4 aromatic rings. The van der Waals surface area contributed by atoms with Crippen molar-refractivity contribution in [3.05, 3.63) is 96.9 Å². The number of ether oxygens (including phenoxy) is 1. The van der Waals surface area contributed by atoms with Crippen LogP contribution < -0.4 is 15.6 Å². The van der Waals surface area contributed by atoms with Crippen LogP contribution in [0.1, 0.15) is 36.7 Å². The summed E-state index contributed by atoms with van der Waals surface area (Å²) in [6.45, 7) is 3.90. The minimum Gasteiger partial charge on any atom is -0.483 e. The maximum Gasteiger partial charge on any atom is 0.282 e. The lowest BCUT2D eigenvalue weighted by Crippen LogP contribution is -2.23. The van der Waals surface area contributed by atoms with E-state index >= 15 is 0 Å². The molecule has 0 saturated heterocycles. The van der Waals surface area contributed by atoms with Crippen LogP contribution in [0, 0.1) is 6.92 Å². The fourth-order valence-electron chi connectivity index (χ4n) is 3.66. The van der Waals surface area contributed by atoms with E-state index in [4.69, 9.17) is 9.72 Å². The average Bonchev–Trinajstić information content (AvgIpc) is 2.88. The molecule has 1 aromatic heterocycles. The van der Waals surface area contributed by atoms with Crippen LogP contribution in [0.25, 0.3) is 10.9 Å². The van der Waals surface area contributed by atoms with Crippen LogP contribution in [-0.2, 0) is 11.2 Å². The van der Waals surface area contributed by atoms with Crippen LogP contribution in [0.2, 0.25) is 0 Å². The molecule has 0 aliphatic rings. The second-order valence-corrected chi connectivity index (χ2v) is 10.4. The highest BCUT2D eigenvalue weighted by atomic mass is 79.9. The second kappa shape index (κ2) is 12.3.